The first kappa shape index (κ1) is 14.7. The lowest BCUT2D eigenvalue weighted by Gasteiger charge is -2.10. The van der Waals surface area contributed by atoms with Gasteiger partial charge in [0.05, 0.1) is 11.3 Å². The van der Waals surface area contributed by atoms with Crippen LogP contribution in [-0.2, 0) is 13.6 Å². The van der Waals surface area contributed by atoms with Crippen molar-refractivity contribution in [2.24, 2.45) is 7.05 Å². The van der Waals surface area contributed by atoms with Gasteiger partial charge in [0.25, 0.3) is 0 Å². The Morgan fingerprint density at radius 2 is 1.95 bits per heavy atom. The number of rotatable bonds is 5. The highest BCUT2D eigenvalue weighted by molar-refractivity contribution is 6.34. The van der Waals surface area contributed by atoms with Crippen LogP contribution in [0.3, 0.4) is 0 Å². The Kier molecular flexibility index (Phi) is 4.11. The van der Waals surface area contributed by atoms with E-state index in [-0.39, 0.29) is 0 Å². The molecule has 1 aromatic carbocycles. The van der Waals surface area contributed by atoms with Crippen LogP contribution >= 0.6 is 23.2 Å². The zero-order valence-corrected chi connectivity index (χ0v) is 13.5. The first-order valence-electron chi connectivity index (χ1n) is 6.92. The normalized spacial score (nSPS) is 14.5. The van der Waals surface area contributed by atoms with Crippen molar-refractivity contribution in [3.63, 3.8) is 0 Å². The molecule has 0 bridgehead atoms. The number of ether oxygens (including phenoxy) is 1. The number of hydrogen-bond acceptors (Lipinski definition) is 3. The fraction of sp³-hybridized carbons (Fsp3) is 0.400. The van der Waals surface area contributed by atoms with Gasteiger partial charge < -0.3 is 10.1 Å². The number of aromatic nitrogens is 2. The van der Waals surface area contributed by atoms with Crippen LogP contribution in [0.15, 0.2) is 18.2 Å². The van der Waals surface area contributed by atoms with Crippen molar-refractivity contribution in [3.8, 4) is 11.6 Å². The van der Waals surface area contributed by atoms with Gasteiger partial charge in [-0.05, 0) is 38.0 Å². The first-order chi connectivity index (χ1) is 10.0. The number of aryl methyl sites for hydroxylation is 2. The molecule has 4 nitrogen and oxygen atoms in total. The van der Waals surface area contributed by atoms with E-state index >= 15 is 0 Å². The Bertz CT molecular complexity index is 645. The third-order valence-electron chi connectivity index (χ3n) is 3.48. The lowest BCUT2D eigenvalue weighted by Crippen LogP contribution is -2.16. The molecule has 3 rings (SSSR count). The van der Waals surface area contributed by atoms with Gasteiger partial charge in [0.15, 0.2) is 0 Å². The molecule has 0 aliphatic heterocycles. The molecule has 1 N–H and O–H groups in total. The Morgan fingerprint density at radius 3 is 2.57 bits per heavy atom. The molecule has 0 radical (unpaired) electrons. The predicted molar refractivity (Wildman–Crippen MR) is 84.3 cm³/mol. The van der Waals surface area contributed by atoms with Crippen molar-refractivity contribution < 1.29 is 4.74 Å². The molecule has 1 aliphatic carbocycles. The van der Waals surface area contributed by atoms with Crippen LogP contribution in [0.4, 0.5) is 0 Å². The molecule has 1 heterocycles. The van der Waals surface area contributed by atoms with Crippen molar-refractivity contribution >= 4 is 23.2 Å². The van der Waals surface area contributed by atoms with Crippen LogP contribution in [0.25, 0.3) is 0 Å². The molecular weight excluding hydrogens is 309 g/mol. The third kappa shape index (κ3) is 3.51. The van der Waals surface area contributed by atoms with Gasteiger partial charge in [-0.25, -0.2) is 4.68 Å². The van der Waals surface area contributed by atoms with Gasteiger partial charge in [0.2, 0.25) is 5.88 Å². The molecule has 1 aromatic heterocycles. The average Bonchev–Trinajstić information content (AvgIpc) is 3.16. The summed E-state index contributed by atoms with van der Waals surface area (Å²) >= 11 is 12.0. The molecular formula is C15H17Cl2N3O. The molecule has 0 unspecified atom stereocenters. The minimum atomic E-state index is 0.550. The summed E-state index contributed by atoms with van der Waals surface area (Å²) in [6.07, 6.45) is 2.50. The largest absolute Gasteiger partial charge is 0.439 e. The van der Waals surface area contributed by atoms with Crippen molar-refractivity contribution in [2.45, 2.75) is 32.4 Å². The van der Waals surface area contributed by atoms with Crippen LogP contribution in [0.1, 0.15) is 24.1 Å². The average molecular weight is 326 g/mol. The molecule has 0 saturated heterocycles. The van der Waals surface area contributed by atoms with Crippen LogP contribution in [0.2, 0.25) is 10.0 Å². The number of hydrogen-bond donors (Lipinski definition) is 1. The summed E-state index contributed by atoms with van der Waals surface area (Å²) in [7, 11) is 1.87. The highest BCUT2D eigenvalue weighted by Crippen LogP contribution is 2.31. The quantitative estimate of drug-likeness (QED) is 0.900. The topological polar surface area (TPSA) is 39.1 Å². The van der Waals surface area contributed by atoms with Crippen LogP contribution in [0.5, 0.6) is 11.6 Å². The SMILES string of the molecule is Cc1nn(C)c(Oc2cc(Cl)cc(Cl)c2)c1CNC1CC1. The summed E-state index contributed by atoms with van der Waals surface area (Å²) in [4.78, 5) is 0. The van der Waals surface area contributed by atoms with Crippen molar-refractivity contribution in [1.29, 1.82) is 0 Å². The molecule has 21 heavy (non-hydrogen) atoms. The lowest BCUT2D eigenvalue weighted by atomic mass is 10.2. The Morgan fingerprint density at radius 1 is 1.29 bits per heavy atom. The molecule has 112 valence electrons. The number of nitrogens with zero attached hydrogens (tertiary/aromatic N) is 2. The van der Waals surface area contributed by atoms with Crippen LogP contribution < -0.4 is 10.1 Å². The highest BCUT2D eigenvalue weighted by atomic mass is 35.5. The standard InChI is InChI=1S/C15H17Cl2N3O/c1-9-14(8-18-12-3-4-12)15(20(2)19-9)21-13-6-10(16)5-11(17)7-13/h5-7,12,18H,3-4,8H2,1-2H3. The first-order valence-corrected chi connectivity index (χ1v) is 7.68. The van der Waals surface area contributed by atoms with Gasteiger partial charge in [-0.1, -0.05) is 23.2 Å². The molecule has 1 saturated carbocycles. The van der Waals surface area contributed by atoms with Crippen molar-refractivity contribution in [3.05, 3.63) is 39.5 Å². The van der Waals surface area contributed by atoms with Gasteiger partial charge in [-0.15, -0.1) is 0 Å². The van der Waals surface area contributed by atoms with Gasteiger partial charge in [0.1, 0.15) is 5.75 Å². The summed E-state index contributed by atoms with van der Waals surface area (Å²) < 4.78 is 7.71. The van der Waals surface area contributed by atoms with E-state index < -0.39 is 0 Å². The fourth-order valence-electron chi connectivity index (χ4n) is 2.24. The zero-order chi connectivity index (χ0) is 15.0. The van der Waals surface area contributed by atoms with E-state index in [4.69, 9.17) is 27.9 Å². The molecule has 1 aliphatic rings. The van der Waals surface area contributed by atoms with Gasteiger partial charge >= 0.3 is 0 Å². The minimum Gasteiger partial charge on any atom is -0.439 e. The second kappa shape index (κ2) is 5.87. The number of halogens is 2. The zero-order valence-electron chi connectivity index (χ0n) is 12.0. The maximum atomic E-state index is 6.01. The van der Waals surface area contributed by atoms with Crippen LogP contribution in [-0.4, -0.2) is 15.8 Å². The maximum Gasteiger partial charge on any atom is 0.222 e. The monoisotopic (exact) mass is 325 g/mol. The van der Waals surface area contributed by atoms with Crippen molar-refractivity contribution in [1.82, 2.24) is 15.1 Å². The molecule has 6 heteroatoms. The van der Waals surface area contributed by atoms with E-state index in [1.807, 2.05) is 14.0 Å². The maximum absolute atomic E-state index is 6.01. The molecule has 0 amide bonds. The number of benzene rings is 1. The van der Waals surface area contributed by atoms with E-state index in [0.717, 1.165) is 23.7 Å². The van der Waals surface area contributed by atoms with E-state index in [1.165, 1.54) is 12.8 Å². The van der Waals surface area contributed by atoms with E-state index in [0.29, 0.717) is 21.8 Å². The lowest BCUT2D eigenvalue weighted by molar-refractivity contribution is 0.424. The second-order valence-electron chi connectivity index (χ2n) is 5.36. The second-order valence-corrected chi connectivity index (χ2v) is 6.23. The number of nitrogens with one attached hydrogen (secondary N) is 1. The van der Waals surface area contributed by atoms with E-state index in [9.17, 15) is 0 Å². The summed E-state index contributed by atoms with van der Waals surface area (Å²) in [5.41, 5.74) is 2.04. The molecule has 0 spiro atoms. The van der Waals surface area contributed by atoms with Crippen molar-refractivity contribution in [2.75, 3.05) is 0 Å². The summed E-state index contributed by atoms with van der Waals surface area (Å²) in [6, 6.07) is 5.81. The molecule has 2 aromatic rings. The van der Waals surface area contributed by atoms with Gasteiger partial charge in [-0.2, -0.15) is 5.10 Å². The smallest absolute Gasteiger partial charge is 0.222 e. The van der Waals surface area contributed by atoms with Gasteiger partial charge in [-0.3, -0.25) is 0 Å². The summed E-state index contributed by atoms with van der Waals surface area (Å²) in [5, 5.41) is 9.03. The molecule has 0 atom stereocenters. The van der Waals surface area contributed by atoms with E-state index in [1.54, 1.807) is 22.9 Å². The van der Waals surface area contributed by atoms with Gasteiger partial charge in [0, 0.05) is 29.7 Å². The summed E-state index contributed by atoms with van der Waals surface area (Å²) in [6.45, 7) is 2.75. The Hall–Kier alpha value is -1.23. The summed E-state index contributed by atoms with van der Waals surface area (Å²) in [5.74, 6) is 1.34. The minimum absolute atomic E-state index is 0.550. The van der Waals surface area contributed by atoms with E-state index in [2.05, 4.69) is 10.4 Å². The predicted octanol–water partition coefficient (Wildman–Crippen LogP) is 4.08. The van der Waals surface area contributed by atoms with Crippen LogP contribution in [0, 0.1) is 6.92 Å². The molecule has 1 fully saturated rings. The Labute approximate surface area is 134 Å². The Balaban J connectivity index is 1.85. The fourth-order valence-corrected chi connectivity index (χ4v) is 2.75. The highest BCUT2D eigenvalue weighted by Gasteiger charge is 2.23. The third-order valence-corrected chi connectivity index (χ3v) is 3.92.